The van der Waals surface area contributed by atoms with Crippen LogP contribution in [0.3, 0.4) is 0 Å². The van der Waals surface area contributed by atoms with Crippen LogP contribution in [0.25, 0.3) is 21.4 Å². The highest BCUT2D eigenvalue weighted by Crippen LogP contribution is 2.35. The zero-order chi connectivity index (χ0) is 22.8. The number of hydrogen-bond donors (Lipinski definition) is 1. The Morgan fingerprint density at radius 3 is 2.81 bits per heavy atom. The molecule has 0 aliphatic carbocycles. The first kappa shape index (κ1) is 22.0. The molecule has 1 aromatic carbocycles. The number of benzene rings is 1. The second-order valence-corrected chi connectivity index (χ2v) is 9.09. The third-order valence-electron chi connectivity index (χ3n) is 5.93. The summed E-state index contributed by atoms with van der Waals surface area (Å²) in [7, 11) is 0. The van der Waals surface area contributed by atoms with Gasteiger partial charge in [-0.1, -0.05) is 12.1 Å². The number of carboxylic acids is 1. The molecule has 1 saturated heterocycles. The van der Waals surface area contributed by atoms with Crippen LogP contribution in [0, 0.1) is 12.8 Å². The molecule has 1 amide bonds. The number of aryl methyl sites for hydroxylation is 1. The molecule has 4 rings (SSSR count). The molecule has 2 aromatic heterocycles. The molecule has 3 aromatic rings. The lowest BCUT2D eigenvalue weighted by atomic mass is 9.92. The molecule has 1 aliphatic heterocycles. The van der Waals surface area contributed by atoms with Crippen molar-refractivity contribution in [2.75, 3.05) is 13.1 Å². The van der Waals surface area contributed by atoms with Crippen molar-refractivity contribution >= 4 is 40.5 Å². The number of rotatable bonds is 6. The van der Waals surface area contributed by atoms with Gasteiger partial charge >= 0.3 is 11.6 Å². The molecule has 1 fully saturated rings. The van der Waals surface area contributed by atoms with Crippen LogP contribution in [-0.2, 0) is 14.4 Å². The molecule has 0 bridgehead atoms. The minimum Gasteiger partial charge on any atom is -0.481 e. The molecule has 1 aliphatic rings. The van der Waals surface area contributed by atoms with E-state index in [0.29, 0.717) is 36.9 Å². The zero-order valence-electron chi connectivity index (χ0n) is 17.6. The van der Waals surface area contributed by atoms with E-state index in [1.165, 1.54) is 17.4 Å². The molecule has 0 spiro atoms. The zero-order valence-corrected chi connectivity index (χ0v) is 18.4. The molecule has 1 N–H and O–H groups in total. The summed E-state index contributed by atoms with van der Waals surface area (Å²) >= 11 is 1.53. The number of aldehydes is 1. The van der Waals surface area contributed by atoms with E-state index in [4.69, 9.17) is 9.52 Å². The molecule has 2 atom stereocenters. The number of likely N-dealkylation sites (tertiary alicyclic amines) is 1. The van der Waals surface area contributed by atoms with Gasteiger partial charge in [-0.25, -0.2) is 4.79 Å². The summed E-state index contributed by atoms with van der Waals surface area (Å²) in [5.74, 6) is -2.41. The summed E-state index contributed by atoms with van der Waals surface area (Å²) in [4.78, 5) is 50.8. The summed E-state index contributed by atoms with van der Waals surface area (Å²) in [5.41, 5.74) is 2.07. The van der Waals surface area contributed by atoms with Gasteiger partial charge in [-0.05, 0) is 54.3 Å². The molecular weight excluding hydrogens is 430 g/mol. The van der Waals surface area contributed by atoms with Crippen LogP contribution in [0.2, 0.25) is 0 Å². The highest BCUT2D eigenvalue weighted by Gasteiger charge is 2.31. The number of hydrogen-bond acceptors (Lipinski definition) is 6. The number of carboxylic acid groups (broad SMARTS) is 1. The Balaban J connectivity index is 1.67. The van der Waals surface area contributed by atoms with Crippen molar-refractivity contribution in [2.24, 2.45) is 5.92 Å². The number of amides is 1. The summed E-state index contributed by atoms with van der Waals surface area (Å²) in [6.07, 6.45) is 2.04. The third kappa shape index (κ3) is 4.36. The Labute approximate surface area is 188 Å². The number of nitrogens with zero attached hydrogens (tertiary/aromatic N) is 1. The predicted molar refractivity (Wildman–Crippen MR) is 121 cm³/mol. The second-order valence-electron chi connectivity index (χ2n) is 8.17. The van der Waals surface area contributed by atoms with Crippen molar-refractivity contribution < 1.29 is 23.9 Å². The van der Waals surface area contributed by atoms with Gasteiger partial charge in [0.05, 0.1) is 0 Å². The highest BCUT2D eigenvalue weighted by molar-refractivity contribution is 7.13. The monoisotopic (exact) mass is 453 g/mol. The smallest absolute Gasteiger partial charge is 0.336 e. The standard InChI is InChI=1S/C24H23NO6S/c1-14-6-8-32-23(14)18-11-22(29)31-20-10-16(4-5-17(18)20)19(13-26)24(30)25-7-2-3-15(12-25)9-21(27)28/h4-6,8,10-11,13,15,19H,2-3,7,9,12H2,1H3,(H,27,28)/t15-,19+/m1/s1. The van der Waals surface area contributed by atoms with Crippen molar-refractivity contribution in [2.45, 2.75) is 32.1 Å². The van der Waals surface area contributed by atoms with Crippen molar-refractivity contribution in [1.29, 1.82) is 0 Å². The van der Waals surface area contributed by atoms with Crippen molar-refractivity contribution in [3.05, 3.63) is 57.3 Å². The molecule has 3 heterocycles. The van der Waals surface area contributed by atoms with Gasteiger partial charge in [0.15, 0.2) is 0 Å². The molecule has 32 heavy (non-hydrogen) atoms. The van der Waals surface area contributed by atoms with Crippen molar-refractivity contribution in [3.63, 3.8) is 0 Å². The minimum atomic E-state index is -1.04. The van der Waals surface area contributed by atoms with Gasteiger partial charge in [-0.2, -0.15) is 0 Å². The number of fused-ring (bicyclic) bond motifs is 1. The maximum absolute atomic E-state index is 13.1. The van der Waals surface area contributed by atoms with Crippen LogP contribution in [0.1, 0.15) is 36.3 Å². The number of carbonyl (C=O) groups excluding carboxylic acids is 2. The Morgan fingerprint density at radius 1 is 1.31 bits per heavy atom. The van der Waals surface area contributed by atoms with Gasteiger partial charge < -0.3 is 19.2 Å². The number of piperidine rings is 1. The first-order valence-electron chi connectivity index (χ1n) is 10.5. The summed E-state index contributed by atoms with van der Waals surface area (Å²) in [6, 6.07) is 8.50. The van der Waals surface area contributed by atoms with Gasteiger partial charge in [-0.3, -0.25) is 9.59 Å². The number of thiophene rings is 1. The lowest BCUT2D eigenvalue weighted by Crippen LogP contribution is -2.43. The van der Waals surface area contributed by atoms with Gasteiger partial charge in [0, 0.05) is 41.4 Å². The summed E-state index contributed by atoms with van der Waals surface area (Å²) < 4.78 is 5.40. The van der Waals surface area contributed by atoms with Crippen molar-refractivity contribution in [1.82, 2.24) is 4.90 Å². The Morgan fingerprint density at radius 2 is 2.12 bits per heavy atom. The molecule has 7 nitrogen and oxygen atoms in total. The molecule has 0 unspecified atom stereocenters. The summed E-state index contributed by atoms with van der Waals surface area (Å²) in [5, 5.41) is 11.7. The molecule has 0 radical (unpaired) electrons. The molecule has 166 valence electrons. The molecule has 0 saturated carbocycles. The van der Waals surface area contributed by atoms with Crippen LogP contribution in [-0.4, -0.2) is 41.3 Å². The van der Waals surface area contributed by atoms with E-state index in [9.17, 15) is 19.2 Å². The maximum Gasteiger partial charge on any atom is 0.336 e. The Kier molecular flexibility index (Phi) is 6.23. The van der Waals surface area contributed by atoms with Gasteiger partial charge in [0.25, 0.3) is 0 Å². The molecular formula is C24H23NO6S. The fraction of sp³-hybridized carbons (Fsp3) is 0.333. The fourth-order valence-corrected chi connectivity index (χ4v) is 5.32. The first-order chi connectivity index (χ1) is 15.4. The van der Waals surface area contributed by atoms with Gasteiger partial charge in [-0.15, -0.1) is 11.3 Å². The van der Waals surface area contributed by atoms with Gasteiger partial charge in [0.2, 0.25) is 5.91 Å². The summed E-state index contributed by atoms with van der Waals surface area (Å²) in [6.45, 7) is 2.78. The lowest BCUT2D eigenvalue weighted by Gasteiger charge is -2.33. The normalized spacial score (nSPS) is 17.3. The van der Waals surface area contributed by atoms with E-state index in [2.05, 4.69) is 0 Å². The van der Waals surface area contributed by atoms with E-state index >= 15 is 0 Å². The lowest BCUT2D eigenvalue weighted by molar-refractivity contribution is -0.141. The van der Waals surface area contributed by atoms with Crippen LogP contribution < -0.4 is 5.63 Å². The second kappa shape index (κ2) is 9.08. The van der Waals surface area contributed by atoms with Crippen LogP contribution in [0.15, 0.2) is 44.9 Å². The fourth-order valence-electron chi connectivity index (χ4n) is 4.36. The third-order valence-corrected chi connectivity index (χ3v) is 6.98. The van der Waals surface area contributed by atoms with E-state index in [1.54, 1.807) is 23.1 Å². The van der Waals surface area contributed by atoms with Crippen LogP contribution >= 0.6 is 11.3 Å². The first-order valence-corrected chi connectivity index (χ1v) is 11.3. The topological polar surface area (TPSA) is 105 Å². The maximum atomic E-state index is 13.1. The quantitative estimate of drug-likeness (QED) is 0.346. The van der Waals surface area contributed by atoms with Crippen LogP contribution in [0.4, 0.5) is 0 Å². The van der Waals surface area contributed by atoms with E-state index in [-0.39, 0.29) is 18.2 Å². The largest absolute Gasteiger partial charge is 0.481 e. The van der Waals surface area contributed by atoms with Crippen LogP contribution in [0.5, 0.6) is 0 Å². The SMILES string of the molecule is Cc1ccsc1-c1cc(=O)oc2cc([C@H](C=O)C(=O)N3CCC[C@H](CC(=O)O)C3)ccc12. The minimum absolute atomic E-state index is 0.00157. The average Bonchev–Trinajstić information content (AvgIpc) is 3.18. The molecule has 8 heteroatoms. The average molecular weight is 454 g/mol. The number of aliphatic carboxylic acids is 1. The highest BCUT2D eigenvalue weighted by atomic mass is 32.1. The van der Waals surface area contributed by atoms with E-state index < -0.39 is 17.5 Å². The van der Waals surface area contributed by atoms with Crippen molar-refractivity contribution in [3.8, 4) is 10.4 Å². The predicted octanol–water partition coefficient (Wildman–Crippen LogP) is 3.83. The van der Waals surface area contributed by atoms with E-state index in [0.717, 1.165) is 27.8 Å². The Bertz CT molecular complexity index is 1240. The van der Waals surface area contributed by atoms with E-state index in [1.807, 2.05) is 18.4 Å². The van der Waals surface area contributed by atoms with Gasteiger partial charge in [0.1, 0.15) is 17.8 Å². The number of carbonyl (C=O) groups is 3. The Hall–Kier alpha value is -3.26.